The molecular weight excluding hydrogens is 330 g/mol. The number of carbonyl (C=O) groups excluding carboxylic acids is 1. The Morgan fingerprint density at radius 3 is 2.65 bits per heavy atom. The van der Waals surface area contributed by atoms with Crippen molar-refractivity contribution in [2.45, 2.75) is 78.1 Å². The van der Waals surface area contributed by atoms with E-state index in [1.54, 1.807) is 0 Å². The van der Waals surface area contributed by atoms with Crippen molar-refractivity contribution in [1.82, 2.24) is 24.9 Å². The Labute approximate surface area is 153 Å². The summed E-state index contributed by atoms with van der Waals surface area (Å²) in [4.78, 5) is 18.1. The Morgan fingerprint density at radius 2 is 2.00 bits per heavy atom. The fourth-order valence-corrected chi connectivity index (χ4v) is 4.24. The number of aromatic amines is 1. The molecule has 4 heterocycles. The average Bonchev–Trinajstić information content (AvgIpc) is 3.13. The van der Waals surface area contributed by atoms with Crippen LogP contribution in [0.1, 0.15) is 50.7 Å². The van der Waals surface area contributed by atoms with Crippen LogP contribution in [0.3, 0.4) is 0 Å². The van der Waals surface area contributed by atoms with Crippen molar-refractivity contribution in [1.29, 1.82) is 0 Å². The minimum absolute atomic E-state index is 0.125. The van der Waals surface area contributed by atoms with Crippen LogP contribution in [0.15, 0.2) is 6.07 Å². The van der Waals surface area contributed by atoms with Crippen molar-refractivity contribution in [3.05, 3.63) is 23.1 Å². The number of aromatic nitrogens is 4. The number of nitrogens with one attached hydrogen (secondary N) is 1. The maximum atomic E-state index is 12.8. The Balaban J connectivity index is 1.66. The average molecular weight is 357 g/mol. The topological polar surface area (TPSA) is 76.0 Å². The summed E-state index contributed by atoms with van der Waals surface area (Å²) >= 11 is 0. The van der Waals surface area contributed by atoms with E-state index in [9.17, 15) is 4.79 Å². The van der Waals surface area contributed by atoms with Crippen molar-refractivity contribution in [2.24, 2.45) is 0 Å². The molecule has 2 aromatic heterocycles. The van der Waals surface area contributed by atoms with Crippen LogP contribution in [0.4, 0.5) is 4.79 Å². The normalized spacial score (nSPS) is 22.3. The lowest BCUT2D eigenvalue weighted by atomic mass is 10.0. The summed E-state index contributed by atoms with van der Waals surface area (Å²) in [7, 11) is 0. The number of fused-ring (bicyclic) bond motifs is 3. The van der Waals surface area contributed by atoms with Gasteiger partial charge in [-0.2, -0.15) is 0 Å². The first kappa shape index (κ1) is 17.1. The summed E-state index contributed by atoms with van der Waals surface area (Å²) < 4.78 is 7.65. The second-order valence-electron chi connectivity index (χ2n) is 8.53. The minimum Gasteiger partial charge on any atom is -0.444 e. The lowest BCUT2D eigenvalue weighted by Crippen LogP contribution is -2.44. The molecule has 2 aliphatic rings. The van der Waals surface area contributed by atoms with E-state index in [-0.39, 0.29) is 18.2 Å². The number of rotatable bonds is 1. The summed E-state index contributed by atoms with van der Waals surface area (Å²) in [6.07, 6.45) is 2.54. The number of nitrogens with zero attached hydrogens (tertiary/aromatic N) is 4. The smallest absolute Gasteiger partial charge is 0.410 e. The van der Waals surface area contributed by atoms with Gasteiger partial charge >= 0.3 is 6.09 Å². The highest BCUT2D eigenvalue weighted by Gasteiger charge is 2.43. The summed E-state index contributed by atoms with van der Waals surface area (Å²) in [5, 5.41) is 8.87. The first-order chi connectivity index (χ1) is 12.2. The molecule has 2 aromatic rings. The van der Waals surface area contributed by atoms with Crippen LogP contribution in [0.5, 0.6) is 0 Å². The Bertz CT molecular complexity index is 845. The molecule has 7 nitrogen and oxygen atoms in total. The predicted molar refractivity (Wildman–Crippen MR) is 97.9 cm³/mol. The minimum atomic E-state index is -0.483. The summed E-state index contributed by atoms with van der Waals surface area (Å²) in [5.74, 6) is 0. The first-order valence-corrected chi connectivity index (χ1v) is 9.33. The van der Waals surface area contributed by atoms with Gasteiger partial charge in [0.2, 0.25) is 0 Å². The monoisotopic (exact) mass is 357 g/mol. The van der Waals surface area contributed by atoms with Crippen molar-refractivity contribution < 1.29 is 9.53 Å². The van der Waals surface area contributed by atoms with E-state index in [1.165, 1.54) is 0 Å². The zero-order chi connectivity index (χ0) is 18.6. The highest BCUT2D eigenvalue weighted by atomic mass is 16.6. The predicted octanol–water partition coefficient (Wildman–Crippen LogP) is 3.21. The van der Waals surface area contributed by atoms with Crippen molar-refractivity contribution in [3.8, 4) is 11.3 Å². The van der Waals surface area contributed by atoms with Gasteiger partial charge in [-0.05, 0) is 53.5 Å². The molecule has 2 atom stereocenters. The molecule has 2 bridgehead atoms. The van der Waals surface area contributed by atoms with Crippen LogP contribution in [0.25, 0.3) is 11.3 Å². The second-order valence-corrected chi connectivity index (χ2v) is 8.53. The molecule has 2 aliphatic heterocycles. The van der Waals surface area contributed by atoms with Gasteiger partial charge in [0.15, 0.2) is 0 Å². The van der Waals surface area contributed by atoms with Gasteiger partial charge < -0.3 is 9.72 Å². The van der Waals surface area contributed by atoms with E-state index < -0.39 is 5.60 Å². The maximum Gasteiger partial charge on any atom is 0.410 e. The Kier molecular flexibility index (Phi) is 3.86. The third kappa shape index (κ3) is 2.89. The molecule has 0 spiro atoms. The fourth-order valence-electron chi connectivity index (χ4n) is 4.24. The highest BCUT2D eigenvalue weighted by Crippen LogP contribution is 2.36. The van der Waals surface area contributed by atoms with Crippen molar-refractivity contribution in [2.75, 3.05) is 0 Å². The van der Waals surface area contributed by atoms with Crippen LogP contribution in [-0.4, -0.2) is 48.7 Å². The molecule has 26 heavy (non-hydrogen) atoms. The molecule has 140 valence electrons. The molecule has 1 fully saturated rings. The van der Waals surface area contributed by atoms with E-state index in [0.29, 0.717) is 6.54 Å². The van der Waals surface area contributed by atoms with Gasteiger partial charge in [0.25, 0.3) is 0 Å². The molecule has 4 rings (SSSR count). The number of hydrogen-bond acceptors (Lipinski definition) is 4. The molecule has 7 heteroatoms. The van der Waals surface area contributed by atoms with Gasteiger partial charge in [0.1, 0.15) is 11.3 Å². The van der Waals surface area contributed by atoms with Gasteiger partial charge in [-0.25, -0.2) is 9.48 Å². The lowest BCUT2D eigenvalue weighted by Gasteiger charge is -2.30. The van der Waals surface area contributed by atoms with Gasteiger partial charge in [-0.15, -0.1) is 5.10 Å². The van der Waals surface area contributed by atoms with E-state index >= 15 is 0 Å². The van der Waals surface area contributed by atoms with Gasteiger partial charge in [0.05, 0.1) is 18.3 Å². The van der Waals surface area contributed by atoms with Crippen LogP contribution in [0.2, 0.25) is 0 Å². The van der Waals surface area contributed by atoms with Crippen molar-refractivity contribution in [3.63, 3.8) is 0 Å². The summed E-state index contributed by atoms with van der Waals surface area (Å²) in [5.41, 5.74) is 4.89. The number of H-pyrrole nitrogens is 1. The lowest BCUT2D eigenvalue weighted by molar-refractivity contribution is 0.0145. The van der Waals surface area contributed by atoms with Gasteiger partial charge in [0, 0.05) is 29.4 Å². The fraction of sp³-hybridized carbons (Fsp3) is 0.632. The van der Waals surface area contributed by atoms with Crippen molar-refractivity contribution >= 4 is 6.09 Å². The number of amides is 1. The number of hydrogen-bond donors (Lipinski definition) is 1. The van der Waals surface area contributed by atoms with E-state index in [4.69, 9.17) is 4.74 Å². The molecule has 0 aromatic carbocycles. The first-order valence-electron chi connectivity index (χ1n) is 9.33. The van der Waals surface area contributed by atoms with Crippen LogP contribution in [-0.2, 0) is 17.7 Å². The van der Waals surface area contributed by atoms with E-state index in [2.05, 4.69) is 28.3 Å². The molecule has 1 N–H and O–H groups in total. The van der Waals surface area contributed by atoms with Crippen LogP contribution >= 0.6 is 0 Å². The molecule has 0 radical (unpaired) electrons. The number of carbonyl (C=O) groups is 1. The Hall–Kier alpha value is -2.31. The zero-order valence-corrected chi connectivity index (χ0v) is 16.2. The second kappa shape index (κ2) is 5.86. The van der Waals surface area contributed by atoms with E-state index in [0.717, 1.165) is 47.6 Å². The van der Waals surface area contributed by atoms with Crippen LogP contribution in [0, 0.1) is 13.8 Å². The molecule has 1 amide bonds. The van der Waals surface area contributed by atoms with Gasteiger partial charge in [-0.1, -0.05) is 5.21 Å². The third-order valence-corrected chi connectivity index (χ3v) is 5.28. The SMILES string of the molecule is Cc1cc(-c2nnn3c2CC2CCC(C3)N2C(=O)OC(C)(C)C)c(C)[nH]1. The molecule has 1 saturated heterocycles. The summed E-state index contributed by atoms with van der Waals surface area (Å²) in [6.45, 7) is 10.5. The summed E-state index contributed by atoms with van der Waals surface area (Å²) in [6, 6.07) is 2.39. The molecule has 2 unspecified atom stereocenters. The third-order valence-electron chi connectivity index (χ3n) is 5.28. The largest absolute Gasteiger partial charge is 0.444 e. The zero-order valence-electron chi connectivity index (χ0n) is 16.2. The Morgan fingerprint density at radius 1 is 1.27 bits per heavy atom. The van der Waals surface area contributed by atoms with Crippen LogP contribution < -0.4 is 0 Å². The number of aryl methyl sites for hydroxylation is 2. The molecular formula is C19H27N5O2. The number of ether oxygens (including phenoxy) is 1. The highest BCUT2D eigenvalue weighted by molar-refractivity contribution is 5.70. The molecule has 0 aliphatic carbocycles. The van der Waals surface area contributed by atoms with E-state index in [1.807, 2.05) is 37.3 Å². The molecule has 0 saturated carbocycles. The quantitative estimate of drug-likeness (QED) is 0.850. The van der Waals surface area contributed by atoms with Gasteiger partial charge in [-0.3, -0.25) is 4.90 Å². The standard InChI is InChI=1S/C19H27N5O2/c1-11-8-15(12(2)20-11)17-16-9-13-6-7-14(10-23(16)22-21-17)24(13)18(25)26-19(3,4)5/h8,13-14,20H,6-7,9-10H2,1-5H3. The maximum absolute atomic E-state index is 12.8.